The number of nitrogens with one attached hydrogen (secondary N) is 1. The predicted molar refractivity (Wildman–Crippen MR) is 137 cm³/mol. The number of carbonyl (C=O) groups is 1. The summed E-state index contributed by atoms with van der Waals surface area (Å²) in [6.45, 7) is 1.28. The number of benzene rings is 3. The molecule has 1 unspecified atom stereocenters. The Morgan fingerprint density at radius 3 is 2.29 bits per heavy atom. The lowest BCUT2D eigenvalue weighted by Crippen LogP contribution is -2.41. The highest BCUT2D eigenvalue weighted by atomic mass is 35.5. The van der Waals surface area contributed by atoms with E-state index < -0.39 is 28.5 Å². The van der Waals surface area contributed by atoms with Crippen molar-refractivity contribution in [1.29, 1.82) is 0 Å². The van der Waals surface area contributed by atoms with Crippen LogP contribution in [0.5, 0.6) is 11.5 Å². The molecule has 0 aromatic heterocycles. The van der Waals surface area contributed by atoms with Crippen LogP contribution in [0.25, 0.3) is 0 Å². The molecule has 186 valence electrons. The van der Waals surface area contributed by atoms with E-state index in [0.29, 0.717) is 27.1 Å². The number of hydrogen-bond acceptors (Lipinski definition) is 5. The normalized spacial score (nSPS) is 12.3. The lowest BCUT2D eigenvalue weighted by molar-refractivity contribution is -0.122. The quantitative estimate of drug-likeness (QED) is 0.390. The third-order valence-electron chi connectivity index (χ3n) is 5.35. The Balaban J connectivity index is 1.84. The van der Waals surface area contributed by atoms with Crippen molar-refractivity contribution >= 4 is 39.1 Å². The van der Waals surface area contributed by atoms with Crippen molar-refractivity contribution in [3.05, 3.63) is 87.9 Å². The Hall–Kier alpha value is -2.78. The van der Waals surface area contributed by atoms with E-state index in [1.54, 1.807) is 55.5 Å². The fraction of sp³-hybridized carbons (Fsp3) is 0.240. The average Bonchev–Trinajstić information content (AvgIpc) is 2.85. The van der Waals surface area contributed by atoms with Crippen molar-refractivity contribution < 1.29 is 22.7 Å². The molecule has 0 aliphatic carbocycles. The minimum atomic E-state index is -4.00. The third-order valence-corrected chi connectivity index (χ3v) is 7.74. The number of amides is 1. The maximum atomic E-state index is 13.4. The molecule has 0 aliphatic rings. The van der Waals surface area contributed by atoms with Crippen molar-refractivity contribution in [3.8, 4) is 11.5 Å². The standard InChI is InChI=1S/C25H26Cl2N2O5S/c1-17(18-10-12-23(33-2)24(13-18)34-3)28-25(30)16-29(15-19-9-11-20(26)14-22(19)27)35(31,32)21-7-5-4-6-8-21/h4-14,17H,15-16H2,1-3H3,(H,28,30). The number of rotatable bonds is 10. The minimum Gasteiger partial charge on any atom is -0.493 e. The van der Waals surface area contributed by atoms with Crippen LogP contribution >= 0.6 is 23.2 Å². The second kappa shape index (κ2) is 11.8. The summed E-state index contributed by atoms with van der Waals surface area (Å²) in [5.74, 6) is 0.614. The van der Waals surface area contributed by atoms with Crippen LogP contribution in [0, 0.1) is 0 Å². The largest absolute Gasteiger partial charge is 0.493 e. The summed E-state index contributed by atoms with van der Waals surface area (Å²) in [4.78, 5) is 13.1. The zero-order chi connectivity index (χ0) is 25.6. The van der Waals surface area contributed by atoms with Crippen molar-refractivity contribution in [1.82, 2.24) is 9.62 Å². The summed E-state index contributed by atoms with van der Waals surface area (Å²) in [6, 6.07) is 17.6. The Kier molecular flexibility index (Phi) is 9.02. The molecule has 1 atom stereocenters. The number of carbonyl (C=O) groups excluding carboxylic acids is 1. The first-order chi connectivity index (χ1) is 16.6. The molecule has 1 N–H and O–H groups in total. The number of ether oxygens (including phenoxy) is 2. The van der Waals surface area contributed by atoms with Crippen LogP contribution in [0.1, 0.15) is 24.1 Å². The molecule has 1 amide bonds. The predicted octanol–water partition coefficient (Wildman–Crippen LogP) is 5.08. The summed E-state index contributed by atoms with van der Waals surface area (Å²) in [7, 11) is -0.931. The summed E-state index contributed by atoms with van der Waals surface area (Å²) in [5, 5.41) is 3.59. The molecule has 3 rings (SSSR count). The van der Waals surface area contributed by atoms with Gasteiger partial charge in [-0.3, -0.25) is 4.79 Å². The molecule has 0 radical (unpaired) electrons. The van der Waals surface area contributed by atoms with Crippen LogP contribution in [0.15, 0.2) is 71.6 Å². The first-order valence-electron chi connectivity index (χ1n) is 10.7. The second-order valence-corrected chi connectivity index (χ2v) is 10.5. The van der Waals surface area contributed by atoms with E-state index in [-0.39, 0.29) is 11.4 Å². The molecule has 0 heterocycles. The average molecular weight is 537 g/mol. The SMILES string of the molecule is COc1ccc(C(C)NC(=O)CN(Cc2ccc(Cl)cc2Cl)S(=O)(=O)c2ccccc2)cc1OC. The van der Waals surface area contributed by atoms with E-state index in [0.717, 1.165) is 9.87 Å². The Labute approximate surface area is 215 Å². The highest BCUT2D eigenvalue weighted by Gasteiger charge is 2.28. The first kappa shape index (κ1) is 26.8. The topological polar surface area (TPSA) is 84.9 Å². The van der Waals surface area contributed by atoms with Gasteiger partial charge in [0.15, 0.2) is 11.5 Å². The lowest BCUT2D eigenvalue weighted by atomic mass is 10.1. The molecule has 10 heteroatoms. The number of sulfonamides is 1. The van der Waals surface area contributed by atoms with Crippen LogP contribution < -0.4 is 14.8 Å². The zero-order valence-electron chi connectivity index (χ0n) is 19.5. The van der Waals surface area contributed by atoms with Gasteiger partial charge in [-0.15, -0.1) is 0 Å². The summed E-state index contributed by atoms with van der Waals surface area (Å²) < 4.78 is 38.5. The van der Waals surface area contributed by atoms with Gasteiger partial charge >= 0.3 is 0 Å². The number of halogens is 2. The van der Waals surface area contributed by atoms with Gasteiger partial charge in [-0.05, 0) is 54.4 Å². The maximum Gasteiger partial charge on any atom is 0.243 e. The van der Waals surface area contributed by atoms with E-state index in [9.17, 15) is 13.2 Å². The Bertz CT molecular complexity index is 1290. The molecule has 0 saturated carbocycles. The van der Waals surface area contributed by atoms with Gasteiger partial charge in [0.2, 0.25) is 15.9 Å². The highest BCUT2D eigenvalue weighted by molar-refractivity contribution is 7.89. The van der Waals surface area contributed by atoms with Gasteiger partial charge in [0.05, 0.1) is 31.7 Å². The third kappa shape index (κ3) is 6.67. The summed E-state index contributed by atoms with van der Waals surface area (Å²) >= 11 is 12.3. The molecule has 0 spiro atoms. The number of methoxy groups -OCH3 is 2. The molecular weight excluding hydrogens is 511 g/mol. The van der Waals surface area contributed by atoms with Crippen LogP contribution in [0.3, 0.4) is 0 Å². The van der Waals surface area contributed by atoms with Crippen molar-refractivity contribution in [2.24, 2.45) is 0 Å². The maximum absolute atomic E-state index is 13.4. The molecule has 3 aromatic rings. The van der Waals surface area contributed by atoms with Gasteiger partial charge in [0, 0.05) is 16.6 Å². The van der Waals surface area contributed by atoms with Crippen molar-refractivity contribution in [2.75, 3.05) is 20.8 Å². The minimum absolute atomic E-state index is 0.0748. The molecule has 0 saturated heterocycles. The van der Waals surface area contributed by atoms with E-state index in [2.05, 4.69) is 5.32 Å². The molecule has 3 aromatic carbocycles. The van der Waals surface area contributed by atoms with E-state index in [1.165, 1.54) is 32.4 Å². The van der Waals surface area contributed by atoms with Gasteiger partial charge < -0.3 is 14.8 Å². The summed E-state index contributed by atoms with van der Waals surface area (Å²) in [5.41, 5.74) is 1.30. The van der Waals surface area contributed by atoms with Crippen LogP contribution in [-0.2, 0) is 21.4 Å². The van der Waals surface area contributed by atoms with Crippen molar-refractivity contribution in [2.45, 2.75) is 24.4 Å². The number of nitrogens with zero attached hydrogens (tertiary/aromatic N) is 1. The second-order valence-electron chi connectivity index (χ2n) is 7.73. The molecule has 35 heavy (non-hydrogen) atoms. The molecule has 0 fully saturated rings. The van der Waals surface area contributed by atoms with Gasteiger partial charge in [-0.2, -0.15) is 4.31 Å². The number of hydrogen-bond donors (Lipinski definition) is 1. The Morgan fingerprint density at radius 1 is 0.971 bits per heavy atom. The van der Waals surface area contributed by atoms with Gasteiger partial charge in [0.1, 0.15) is 0 Å². The highest BCUT2D eigenvalue weighted by Crippen LogP contribution is 2.30. The van der Waals surface area contributed by atoms with Crippen LogP contribution in [0.4, 0.5) is 0 Å². The zero-order valence-corrected chi connectivity index (χ0v) is 21.8. The smallest absolute Gasteiger partial charge is 0.243 e. The van der Waals surface area contributed by atoms with Crippen molar-refractivity contribution in [3.63, 3.8) is 0 Å². The van der Waals surface area contributed by atoms with Crippen LogP contribution in [-0.4, -0.2) is 39.4 Å². The molecular formula is C25H26Cl2N2O5S. The molecule has 0 bridgehead atoms. The van der Waals surface area contributed by atoms with Gasteiger partial charge in [-0.25, -0.2) is 8.42 Å². The molecule has 7 nitrogen and oxygen atoms in total. The van der Waals surface area contributed by atoms with E-state index in [1.807, 2.05) is 0 Å². The van der Waals surface area contributed by atoms with E-state index in [4.69, 9.17) is 32.7 Å². The fourth-order valence-corrected chi connectivity index (χ4v) is 5.32. The van der Waals surface area contributed by atoms with Gasteiger partial charge in [-0.1, -0.05) is 53.5 Å². The molecule has 0 aliphatic heterocycles. The van der Waals surface area contributed by atoms with E-state index >= 15 is 0 Å². The summed E-state index contributed by atoms with van der Waals surface area (Å²) in [6.07, 6.45) is 0. The lowest BCUT2D eigenvalue weighted by Gasteiger charge is -2.24. The van der Waals surface area contributed by atoms with Crippen LogP contribution in [0.2, 0.25) is 10.0 Å². The Morgan fingerprint density at radius 2 is 1.66 bits per heavy atom. The fourth-order valence-electron chi connectivity index (χ4n) is 3.46. The van der Waals surface area contributed by atoms with Gasteiger partial charge in [0.25, 0.3) is 0 Å². The monoisotopic (exact) mass is 536 g/mol. The first-order valence-corrected chi connectivity index (χ1v) is 12.9.